The smallest absolute Gasteiger partial charge is 0.349 e. The Labute approximate surface area is 116 Å². The highest BCUT2D eigenvalue weighted by Gasteiger charge is 2.39. The molecule has 2 rings (SSSR count). The first-order chi connectivity index (χ1) is 8.88. The van der Waals surface area contributed by atoms with Gasteiger partial charge < -0.3 is 9.80 Å². The first-order valence-electron chi connectivity index (χ1n) is 5.51. The molecule has 0 spiro atoms. The maximum Gasteiger partial charge on any atom is 0.448 e. The largest absolute Gasteiger partial charge is 0.448 e. The number of anilines is 1. The van der Waals surface area contributed by atoms with Gasteiger partial charge in [0.05, 0.1) is 4.47 Å². The van der Waals surface area contributed by atoms with Crippen LogP contribution in [0.2, 0.25) is 0 Å². The predicted molar refractivity (Wildman–Crippen MR) is 67.3 cm³/mol. The van der Waals surface area contributed by atoms with Gasteiger partial charge in [0.25, 0.3) is 0 Å². The Balaban J connectivity index is 1.96. The SMILES string of the molecule is N=C(N1CCN(c2ncc(Br)cn2)CC1)C(F)(F)F. The van der Waals surface area contributed by atoms with Gasteiger partial charge in [-0.15, -0.1) is 0 Å². The van der Waals surface area contributed by atoms with Crippen molar-refractivity contribution in [2.45, 2.75) is 6.18 Å². The number of nitrogens with one attached hydrogen (secondary N) is 1. The van der Waals surface area contributed by atoms with Crippen LogP contribution in [0.25, 0.3) is 0 Å². The summed E-state index contributed by atoms with van der Waals surface area (Å²) in [6.07, 6.45) is -1.41. The zero-order valence-corrected chi connectivity index (χ0v) is 11.4. The Kier molecular flexibility index (Phi) is 3.93. The lowest BCUT2D eigenvalue weighted by Gasteiger charge is -2.36. The van der Waals surface area contributed by atoms with E-state index in [4.69, 9.17) is 5.41 Å². The van der Waals surface area contributed by atoms with E-state index in [1.54, 1.807) is 17.3 Å². The number of nitrogens with zero attached hydrogens (tertiary/aromatic N) is 4. The van der Waals surface area contributed by atoms with Crippen LogP contribution in [-0.2, 0) is 0 Å². The Morgan fingerprint density at radius 2 is 1.68 bits per heavy atom. The average Bonchev–Trinajstić information content (AvgIpc) is 2.38. The molecule has 5 nitrogen and oxygen atoms in total. The van der Waals surface area contributed by atoms with Gasteiger partial charge in [-0.05, 0) is 15.9 Å². The first-order valence-corrected chi connectivity index (χ1v) is 6.30. The summed E-state index contributed by atoms with van der Waals surface area (Å²) in [6.45, 7) is 0.996. The fourth-order valence-electron chi connectivity index (χ4n) is 1.78. The van der Waals surface area contributed by atoms with Crippen LogP contribution in [0.15, 0.2) is 16.9 Å². The fourth-order valence-corrected chi connectivity index (χ4v) is 1.98. The molecule has 0 saturated carbocycles. The summed E-state index contributed by atoms with van der Waals surface area (Å²) in [4.78, 5) is 11.0. The molecule has 1 aliphatic rings. The number of piperazine rings is 1. The number of alkyl halides is 3. The quantitative estimate of drug-likeness (QED) is 0.628. The standard InChI is InChI=1S/C10H11BrF3N5/c11-7-5-16-9(17-6-7)19-3-1-18(2-4-19)8(15)10(12,13)14/h5-6,15H,1-4H2. The summed E-state index contributed by atoms with van der Waals surface area (Å²) in [6, 6.07) is 0. The highest BCUT2D eigenvalue weighted by molar-refractivity contribution is 9.10. The second kappa shape index (κ2) is 5.32. The van der Waals surface area contributed by atoms with Crippen molar-refractivity contribution in [3.05, 3.63) is 16.9 Å². The van der Waals surface area contributed by atoms with Gasteiger partial charge in [0.2, 0.25) is 11.8 Å². The molecule has 1 N–H and O–H groups in total. The van der Waals surface area contributed by atoms with Gasteiger partial charge in [0.15, 0.2) is 0 Å². The van der Waals surface area contributed by atoms with E-state index in [1.807, 2.05) is 0 Å². The van der Waals surface area contributed by atoms with Gasteiger partial charge in [-0.3, -0.25) is 5.41 Å². The Bertz CT molecular complexity index is 453. The molecule has 0 radical (unpaired) electrons. The van der Waals surface area contributed by atoms with Crippen molar-refractivity contribution in [3.8, 4) is 0 Å². The summed E-state index contributed by atoms with van der Waals surface area (Å²) >= 11 is 3.22. The van der Waals surface area contributed by atoms with Gasteiger partial charge in [0.1, 0.15) is 0 Å². The maximum absolute atomic E-state index is 12.4. The van der Waals surface area contributed by atoms with E-state index >= 15 is 0 Å². The highest BCUT2D eigenvalue weighted by atomic mass is 79.9. The van der Waals surface area contributed by atoms with Crippen LogP contribution < -0.4 is 4.90 Å². The van der Waals surface area contributed by atoms with E-state index in [0.29, 0.717) is 19.0 Å². The van der Waals surface area contributed by atoms with Crippen LogP contribution in [0, 0.1) is 5.41 Å². The molecule has 0 bridgehead atoms. The maximum atomic E-state index is 12.4. The zero-order chi connectivity index (χ0) is 14.0. The third kappa shape index (κ3) is 3.34. The van der Waals surface area contributed by atoms with Gasteiger partial charge in [0, 0.05) is 38.6 Å². The third-order valence-electron chi connectivity index (χ3n) is 2.75. The average molecular weight is 338 g/mol. The van der Waals surface area contributed by atoms with Crippen molar-refractivity contribution in [1.82, 2.24) is 14.9 Å². The number of hydrogen-bond acceptors (Lipinski definition) is 4. The normalized spacial score (nSPS) is 16.6. The van der Waals surface area contributed by atoms with E-state index in [1.165, 1.54) is 0 Å². The summed E-state index contributed by atoms with van der Waals surface area (Å²) in [5, 5.41) is 7.08. The van der Waals surface area contributed by atoms with Crippen LogP contribution in [0.5, 0.6) is 0 Å². The van der Waals surface area contributed by atoms with Gasteiger partial charge in [-0.1, -0.05) is 0 Å². The van der Waals surface area contributed by atoms with Crippen LogP contribution in [0.1, 0.15) is 0 Å². The Hall–Kier alpha value is -1.38. The molecular formula is C10H11BrF3N5. The highest BCUT2D eigenvalue weighted by Crippen LogP contribution is 2.20. The lowest BCUT2D eigenvalue weighted by molar-refractivity contribution is -0.0700. The van der Waals surface area contributed by atoms with Gasteiger partial charge >= 0.3 is 6.18 Å². The topological polar surface area (TPSA) is 56.1 Å². The molecule has 1 aromatic rings. The van der Waals surface area contributed by atoms with E-state index in [0.717, 1.165) is 9.37 Å². The minimum absolute atomic E-state index is 0.137. The fraction of sp³-hybridized carbons (Fsp3) is 0.500. The number of hydrogen-bond donors (Lipinski definition) is 1. The molecular weight excluding hydrogens is 327 g/mol. The van der Waals surface area contributed by atoms with Crippen LogP contribution >= 0.6 is 15.9 Å². The molecule has 0 atom stereocenters. The van der Waals surface area contributed by atoms with Crippen molar-refractivity contribution in [1.29, 1.82) is 5.41 Å². The summed E-state index contributed by atoms with van der Waals surface area (Å²) in [5.74, 6) is -0.801. The van der Waals surface area contributed by atoms with E-state index in [9.17, 15) is 13.2 Å². The van der Waals surface area contributed by atoms with Crippen LogP contribution in [0.4, 0.5) is 19.1 Å². The lowest BCUT2D eigenvalue weighted by atomic mass is 10.3. The molecule has 0 aliphatic carbocycles. The Morgan fingerprint density at radius 1 is 1.16 bits per heavy atom. The molecule has 1 aliphatic heterocycles. The Morgan fingerprint density at radius 3 is 2.16 bits per heavy atom. The number of rotatable bonds is 1. The van der Waals surface area contributed by atoms with Crippen molar-refractivity contribution in [3.63, 3.8) is 0 Å². The van der Waals surface area contributed by atoms with Crippen molar-refractivity contribution in [2.75, 3.05) is 31.1 Å². The molecule has 1 saturated heterocycles. The minimum atomic E-state index is -4.59. The molecule has 2 heterocycles. The zero-order valence-electron chi connectivity index (χ0n) is 9.78. The minimum Gasteiger partial charge on any atom is -0.349 e. The molecule has 1 fully saturated rings. The summed E-state index contributed by atoms with van der Waals surface area (Å²) < 4.78 is 37.9. The second-order valence-electron chi connectivity index (χ2n) is 4.02. The molecule has 0 unspecified atom stereocenters. The molecule has 1 aromatic heterocycles. The summed E-state index contributed by atoms with van der Waals surface area (Å²) in [5.41, 5.74) is 0. The van der Waals surface area contributed by atoms with Crippen LogP contribution in [0.3, 0.4) is 0 Å². The lowest BCUT2D eigenvalue weighted by Crippen LogP contribution is -2.52. The predicted octanol–water partition coefficient (Wildman–Crippen LogP) is 1.90. The van der Waals surface area contributed by atoms with Crippen molar-refractivity contribution in [2.24, 2.45) is 0 Å². The van der Waals surface area contributed by atoms with E-state index in [2.05, 4.69) is 25.9 Å². The first kappa shape index (κ1) is 14.0. The van der Waals surface area contributed by atoms with Crippen molar-refractivity contribution >= 4 is 27.7 Å². The number of halogens is 4. The van der Waals surface area contributed by atoms with E-state index in [-0.39, 0.29) is 13.1 Å². The summed E-state index contributed by atoms with van der Waals surface area (Å²) in [7, 11) is 0. The molecule has 0 aromatic carbocycles. The molecule has 9 heteroatoms. The van der Waals surface area contributed by atoms with Crippen molar-refractivity contribution < 1.29 is 13.2 Å². The van der Waals surface area contributed by atoms with Gasteiger partial charge in [-0.25, -0.2) is 9.97 Å². The number of amidine groups is 1. The number of aromatic nitrogens is 2. The molecule has 19 heavy (non-hydrogen) atoms. The second-order valence-corrected chi connectivity index (χ2v) is 4.94. The van der Waals surface area contributed by atoms with Gasteiger partial charge in [-0.2, -0.15) is 13.2 Å². The third-order valence-corrected chi connectivity index (χ3v) is 3.16. The van der Waals surface area contributed by atoms with E-state index < -0.39 is 12.0 Å². The van der Waals surface area contributed by atoms with Crippen LogP contribution in [-0.4, -0.2) is 53.1 Å². The molecule has 104 valence electrons. The molecule has 0 amide bonds. The monoisotopic (exact) mass is 337 g/mol.